The van der Waals surface area contributed by atoms with Gasteiger partial charge in [-0.15, -0.1) is 0 Å². The van der Waals surface area contributed by atoms with Gasteiger partial charge in [-0.25, -0.2) is 4.99 Å². The normalized spacial score (nSPS) is 15.9. The van der Waals surface area contributed by atoms with E-state index in [-0.39, 0.29) is 11.3 Å². The quantitative estimate of drug-likeness (QED) is 0.401. The number of hydrogen-bond acceptors (Lipinski definition) is 5. The van der Waals surface area contributed by atoms with Crippen LogP contribution in [0.3, 0.4) is 0 Å². The third kappa shape index (κ3) is 3.35. The van der Waals surface area contributed by atoms with Crippen LogP contribution >= 0.6 is 11.3 Å². The lowest BCUT2D eigenvalue weighted by atomic mass is 9.89. The van der Waals surface area contributed by atoms with Crippen LogP contribution in [-0.2, 0) is 4.79 Å². The highest BCUT2D eigenvalue weighted by Crippen LogP contribution is 2.40. The Labute approximate surface area is 210 Å². The highest BCUT2D eigenvalue weighted by molar-refractivity contribution is 7.07. The fourth-order valence-electron chi connectivity index (χ4n) is 5.13. The third-order valence-electron chi connectivity index (χ3n) is 6.73. The fraction of sp³-hybridized carbons (Fsp3) is 0.138. The van der Waals surface area contributed by atoms with Gasteiger partial charge < -0.3 is 9.72 Å². The van der Waals surface area contributed by atoms with E-state index in [9.17, 15) is 9.59 Å². The van der Waals surface area contributed by atoms with Gasteiger partial charge >= 0.3 is 0 Å². The number of hydrogen-bond donors (Lipinski definition) is 1. The number of aromatic amines is 1. The number of H-pyrrole nitrogens is 1. The molecule has 1 atom stereocenters. The van der Waals surface area contributed by atoms with Gasteiger partial charge in [-0.3, -0.25) is 14.2 Å². The summed E-state index contributed by atoms with van der Waals surface area (Å²) in [6.45, 7) is 3.36. The van der Waals surface area contributed by atoms with E-state index in [0.717, 1.165) is 32.8 Å². The van der Waals surface area contributed by atoms with Crippen molar-refractivity contribution in [3.63, 3.8) is 0 Å². The Hall–Kier alpha value is -4.23. The predicted molar refractivity (Wildman–Crippen MR) is 143 cm³/mol. The molecule has 36 heavy (non-hydrogen) atoms. The molecule has 0 unspecified atom stereocenters. The molecule has 0 fully saturated rings. The Morgan fingerprint density at radius 2 is 1.83 bits per heavy atom. The number of nitrogens with zero attached hydrogens (tertiary/aromatic N) is 2. The van der Waals surface area contributed by atoms with Crippen LogP contribution in [0.15, 0.2) is 87.9 Å². The van der Waals surface area contributed by atoms with Crippen molar-refractivity contribution < 1.29 is 9.53 Å². The van der Waals surface area contributed by atoms with E-state index >= 15 is 0 Å². The molecule has 6 rings (SSSR count). The van der Waals surface area contributed by atoms with Crippen molar-refractivity contribution in [1.29, 1.82) is 0 Å². The van der Waals surface area contributed by atoms with Crippen molar-refractivity contribution in [2.75, 3.05) is 7.11 Å². The van der Waals surface area contributed by atoms with Crippen molar-refractivity contribution in [2.45, 2.75) is 19.9 Å². The van der Waals surface area contributed by atoms with E-state index in [0.29, 0.717) is 26.4 Å². The van der Waals surface area contributed by atoms with Crippen LogP contribution in [0.2, 0.25) is 0 Å². The molecule has 178 valence electrons. The zero-order valence-electron chi connectivity index (χ0n) is 20.0. The van der Waals surface area contributed by atoms with Gasteiger partial charge in [0.25, 0.3) is 5.56 Å². The Bertz CT molecular complexity index is 1910. The number of nitrogens with one attached hydrogen (secondary N) is 1. The Balaban J connectivity index is 1.68. The molecule has 1 aliphatic heterocycles. The molecule has 1 N–H and O–H groups in total. The van der Waals surface area contributed by atoms with Crippen LogP contribution in [0.5, 0.6) is 5.75 Å². The highest BCUT2D eigenvalue weighted by atomic mass is 32.1. The van der Waals surface area contributed by atoms with Crippen molar-refractivity contribution in [2.24, 2.45) is 4.99 Å². The maximum absolute atomic E-state index is 14.0. The van der Waals surface area contributed by atoms with E-state index in [1.54, 1.807) is 11.7 Å². The minimum Gasteiger partial charge on any atom is -0.496 e. The number of Topliss-reactive ketones (excluding diaryl/α,β-unsaturated/α-hetero) is 1. The van der Waals surface area contributed by atoms with Crippen LogP contribution in [0.4, 0.5) is 0 Å². The first-order valence-electron chi connectivity index (χ1n) is 11.6. The Morgan fingerprint density at radius 1 is 1.08 bits per heavy atom. The minimum absolute atomic E-state index is 0.123. The van der Waals surface area contributed by atoms with Crippen molar-refractivity contribution in [3.8, 4) is 5.75 Å². The molecule has 0 saturated carbocycles. The number of rotatable bonds is 4. The molecule has 0 aliphatic carbocycles. The zero-order valence-corrected chi connectivity index (χ0v) is 20.8. The van der Waals surface area contributed by atoms with Gasteiger partial charge in [0.2, 0.25) is 0 Å². The first-order chi connectivity index (χ1) is 17.5. The van der Waals surface area contributed by atoms with Gasteiger partial charge in [0, 0.05) is 39.5 Å². The summed E-state index contributed by atoms with van der Waals surface area (Å²) in [6.07, 6.45) is 3.80. The third-order valence-corrected chi connectivity index (χ3v) is 7.72. The van der Waals surface area contributed by atoms with Gasteiger partial charge in [-0.1, -0.05) is 59.9 Å². The second-order valence-electron chi connectivity index (χ2n) is 8.83. The number of ketones is 1. The fourth-order valence-corrected chi connectivity index (χ4v) is 6.17. The predicted octanol–water partition coefficient (Wildman–Crippen LogP) is 4.47. The van der Waals surface area contributed by atoms with Crippen molar-refractivity contribution >= 4 is 44.9 Å². The van der Waals surface area contributed by atoms with Crippen LogP contribution < -0.4 is 19.6 Å². The summed E-state index contributed by atoms with van der Waals surface area (Å²) in [7, 11) is 1.61. The van der Waals surface area contributed by atoms with Gasteiger partial charge in [0.15, 0.2) is 10.6 Å². The lowest BCUT2D eigenvalue weighted by molar-refractivity contribution is -0.114. The average molecular weight is 494 g/mol. The summed E-state index contributed by atoms with van der Waals surface area (Å²) in [5.41, 5.74) is 3.64. The van der Waals surface area contributed by atoms with Gasteiger partial charge in [0.1, 0.15) is 5.75 Å². The number of ether oxygens (including phenoxy) is 1. The summed E-state index contributed by atoms with van der Waals surface area (Å²) in [6, 6.07) is 19.2. The molecule has 2 aromatic heterocycles. The largest absolute Gasteiger partial charge is 0.496 e. The van der Waals surface area contributed by atoms with Crippen LogP contribution in [0, 0.1) is 0 Å². The number of carbonyl (C=O) groups excluding carboxylic acids is 1. The molecular formula is C29H23N3O3S. The molecule has 7 heteroatoms. The molecule has 3 heterocycles. The van der Waals surface area contributed by atoms with E-state index in [4.69, 9.17) is 9.73 Å². The molecule has 0 amide bonds. The first-order valence-corrected chi connectivity index (χ1v) is 12.4. The van der Waals surface area contributed by atoms with E-state index in [1.807, 2.05) is 79.9 Å². The number of benzene rings is 3. The SMILES string of the molecule is COc1ccc2ccccc2c1[C@@H]1C(C(C)=O)=C(C)N=c2s/c(=C/c3c[nH]c4ccccc34)c(=O)n21. The maximum atomic E-state index is 14.0. The number of thiazole rings is 1. The first kappa shape index (κ1) is 22.2. The average Bonchev–Trinajstić information content (AvgIpc) is 3.43. The number of methoxy groups -OCH3 is 1. The van der Waals surface area contributed by atoms with E-state index in [1.165, 1.54) is 18.3 Å². The molecular weight excluding hydrogens is 470 g/mol. The zero-order chi connectivity index (χ0) is 25.0. The summed E-state index contributed by atoms with van der Waals surface area (Å²) < 4.78 is 7.98. The smallest absolute Gasteiger partial charge is 0.271 e. The molecule has 6 nitrogen and oxygen atoms in total. The minimum atomic E-state index is -0.648. The van der Waals surface area contributed by atoms with E-state index < -0.39 is 6.04 Å². The van der Waals surface area contributed by atoms with Crippen molar-refractivity contribution in [3.05, 3.63) is 109 Å². The second kappa shape index (κ2) is 8.46. The van der Waals surface area contributed by atoms with Crippen LogP contribution in [-0.4, -0.2) is 22.4 Å². The summed E-state index contributed by atoms with van der Waals surface area (Å²) >= 11 is 1.33. The number of aromatic nitrogens is 2. The number of carbonyl (C=O) groups is 1. The van der Waals surface area contributed by atoms with Gasteiger partial charge in [-0.2, -0.15) is 0 Å². The Morgan fingerprint density at radius 3 is 2.61 bits per heavy atom. The molecule has 5 aromatic rings. The molecule has 0 spiro atoms. The van der Waals surface area contributed by atoms with E-state index in [2.05, 4.69) is 4.98 Å². The summed E-state index contributed by atoms with van der Waals surface area (Å²) in [4.78, 5) is 35.5. The molecule has 3 aromatic carbocycles. The number of allylic oxidation sites excluding steroid dienone is 2. The lowest BCUT2D eigenvalue weighted by Gasteiger charge is -2.27. The second-order valence-corrected chi connectivity index (χ2v) is 9.84. The maximum Gasteiger partial charge on any atom is 0.271 e. The molecule has 0 bridgehead atoms. The monoisotopic (exact) mass is 493 g/mol. The standard InChI is InChI=1S/C29H23N3O3S/c1-16-25(17(2)33)27(26-21-10-5-4-8-18(21)12-13-23(26)35-3)32-28(34)24(36-29(32)31-16)14-19-15-30-22-11-7-6-9-20(19)22/h4-15,27,30H,1-3H3/b24-14+/t27-/m0/s1. The number of fused-ring (bicyclic) bond motifs is 3. The topological polar surface area (TPSA) is 76.4 Å². The Kier molecular flexibility index (Phi) is 5.23. The molecule has 0 saturated heterocycles. The summed E-state index contributed by atoms with van der Waals surface area (Å²) in [5.74, 6) is 0.500. The molecule has 0 radical (unpaired) electrons. The summed E-state index contributed by atoms with van der Waals surface area (Å²) in [5, 5.41) is 2.98. The van der Waals surface area contributed by atoms with Gasteiger partial charge in [0.05, 0.1) is 17.7 Å². The molecule has 1 aliphatic rings. The lowest BCUT2D eigenvalue weighted by Crippen LogP contribution is -2.39. The van der Waals surface area contributed by atoms with Crippen molar-refractivity contribution in [1.82, 2.24) is 9.55 Å². The van der Waals surface area contributed by atoms with Crippen LogP contribution in [0.1, 0.15) is 31.0 Å². The van der Waals surface area contributed by atoms with Gasteiger partial charge in [-0.05, 0) is 42.8 Å². The highest BCUT2D eigenvalue weighted by Gasteiger charge is 2.33. The van der Waals surface area contributed by atoms with Crippen LogP contribution in [0.25, 0.3) is 27.8 Å². The number of para-hydroxylation sites is 1.